The Kier molecular flexibility index (Phi) is 1.69. The minimum atomic E-state index is 1.11. The van der Waals surface area contributed by atoms with E-state index >= 15 is 0 Å². The van der Waals surface area contributed by atoms with Crippen LogP contribution in [0, 0.1) is 0 Å². The van der Waals surface area contributed by atoms with Crippen molar-refractivity contribution in [3.8, 4) is 11.1 Å². The molecule has 0 aromatic heterocycles. The molecule has 2 aliphatic rings. The van der Waals surface area contributed by atoms with Crippen LogP contribution in [0.15, 0.2) is 42.5 Å². The van der Waals surface area contributed by atoms with Gasteiger partial charge in [0.1, 0.15) is 0 Å². The highest BCUT2D eigenvalue weighted by molar-refractivity contribution is 5.83. The fourth-order valence-electron chi connectivity index (χ4n) is 3.14. The van der Waals surface area contributed by atoms with Crippen LogP contribution in [0.4, 0.5) is 0 Å². The molecule has 2 aliphatic carbocycles. The van der Waals surface area contributed by atoms with Crippen LogP contribution in [0.1, 0.15) is 29.2 Å². The second-order valence-corrected chi connectivity index (χ2v) is 5.09. The summed E-state index contributed by atoms with van der Waals surface area (Å²) in [5, 5.41) is 0. The van der Waals surface area contributed by atoms with Gasteiger partial charge in [0.25, 0.3) is 0 Å². The maximum Gasteiger partial charge on any atom is -0.00133 e. The average Bonchev–Trinajstić information content (AvgIpc) is 2.88. The minimum Gasteiger partial charge on any atom is -0.0766 e. The monoisotopic (exact) mass is 218 g/mol. The van der Waals surface area contributed by atoms with E-state index in [2.05, 4.69) is 49.4 Å². The molecule has 0 saturated carbocycles. The lowest BCUT2D eigenvalue weighted by atomic mass is 9.97. The smallest absolute Gasteiger partial charge is 0.00133 e. The predicted octanol–water partition coefficient (Wildman–Crippen LogP) is 4.22. The molecule has 0 heterocycles. The van der Waals surface area contributed by atoms with Gasteiger partial charge in [0, 0.05) is 0 Å². The minimum absolute atomic E-state index is 1.11. The Morgan fingerprint density at radius 2 is 1.71 bits per heavy atom. The number of benzene rings is 2. The first kappa shape index (κ1) is 9.23. The van der Waals surface area contributed by atoms with Crippen molar-refractivity contribution in [1.82, 2.24) is 0 Å². The predicted molar refractivity (Wildman–Crippen MR) is 72.0 cm³/mol. The van der Waals surface area contributed by atoms with E-state index in [1.807, 2.05) is 0 Å². The van der Waals surface area contributed by atoms with Crippen LogP contribution in [0.3, 0.4) is 0 Å². The second-order valence-electron chi connectivity index (χ2n) is 5.09. The highest BCUT2D eigenvalue weighted by Gasteiger charge is 2.21. The van der Waals surface area contributed by atoms with Crippen molar-refractivity contribution in [1.29, 1.82) is 0 Å². The third-order valence-corrected chi connectivity index (χ3v) is 4.07. The van der Waals surface area contributed by atoms with Gasteiger partial charge in [-0.05, 0) is 64.8 Å². The molecule has 0 nitrogen and oxygen atoms in total. The Hall–Kier alpha value is -1.82. The van der Waals surface area contributed by atoms with Crippen molar-refractivity contribution in [3.63, 3.8) is 0 Å². The van der Waals surface area contributed by atoms with Gasteiger partial charge in [-0.1, -0.05) is 36.4 Å². The first-order chi connectivity index (χ1) is 8.33. The van der Waals surface area contributed by atoms with E-state index in [-0.39, 0.29) is 0 Å². The lowest BCUT2D eigenvalue weighted by molar-refractivity contribution is 1.22. The van der Waals surface area contributed by atoms with Crippen molar-refractivity contribution in [3.05, 3.63) is 64.7 Å². The molecule has 0 unspecified atom stereocenters. The zero-order valence-electron chi connectivity index (χ0n) is 9.96. The van der Waals surface area contributed by atoms with Gasteiger partial charge >= 0.3 is 0 Å². The third kappa shape index (κ3) is 1.18. The molecule has 17 heavy (non-hydrogen) atoms. The molecule has 4 rings (SSSR count). The zero-order valence-corrected chi connectivity index (χ0v) is 9.96. The SMILES string of the molecule is CC1=CCc2cc3c(cc21)-c1ccccc1C3. The molecule has 0 radical (unpaired) electrons. The van der Waals surface area contributed by atoms with Crippen LogP contribution in [0.25, 0.3) is 16.7 Å². The van der Waals surface area contributed by atoms with Gasteiger partial charge in [-0.2, -0.15) is 0 Å². The van der Waals surface area contributed by atoms with E-state index in [1.54, 1.807) is 0 Å². The fourth-order valence-corrected chi connectivity index (χ4v) is 3.14. The van der Waals surface area contributed by atoms with E-state index in [0.29, 0.717) is 0 Å². The molecule has 0 bridgehead atoms. The van der Waals surface area contributed by atoms with Crippen LogP contribution in [-0.2, 0) is 12.8 Å². The lowest BCUT2D eigenvalue weighted by Gasteiger charge is -2.07. The van der Waals surface area contributed by atoms with Gasteiger partial charge in [0.2, 0.25) is 0 Å². The number of hydrogen-bond donors (Lipinski definition) is 0. The summed E-state index contributed by atoms with van der Waals surface area (Å²) in [6.07, 6.45) is 4.56. The van der Waals surface area contributed by atoms with Gasteiger partial charge in [-0.3, -0.25) is 0 Å². The molecule has 2 aromatic rings. The van der Waals surface area contributed by atoms with Gasteiger partial charge < -0.3 is 0 Å². The average molecular weight is 218 g/mol. The Morgan fingerprint density at radius 3 is 2.65 bits per heavy atom. The molecule has 0 heteroatoms. The van der Waals surface area contributed by atoms with Crippen LogP contribution in [-0.4, -0.2) is 0 Å². The van der Waals surface area contributed by atoms with Gasteiger partial charge in [-0.15, -0.1) is 0 Å². The summed E-state index contributed by atoms with van der Waals surface area (Å²) in [6.45, 7) is 2.22. The fraction of sp³-hybridized carbons (Fsp3) is 0.176. The largest absolute Gasteiger partial charge is 0.0766 e. The Bertz CT molecular complexity index is 660. The van der Waals surface area contributed by atoms with Crippen molar-refractivity contribution in [2.75, 3.05) is 0 Å². The zero-order chi connectivity index (χ0) is 11.4. The molecule has 82 valence electrons. The van der Waals surface area contributed by atoms with Gasteiger partial charge in [0.05, 0.1) is 0 Å². The maximum atomic E-state index is 2.41. The topological polar surface area (TPSA) is 0 Å². The molecule has 2 aromatic carbocycles. The quantitative estimate of drug-likeness (QED) is 0.530. The van der Waals surface area contributed by atoms with Crippen LogP contribution >= 0.6 is 0 Å². The molecule has 0 aliphatic heterocycles. The van der Waals surface area contributed by atoms with Crippen LogP contribution in [0.5, 0.6) is 0 Å². The van der Waals surface area contributed by atoms with Crippen LogP contribution < -0.4 is 0 Å². The first-order valence-corrected chi connectivity index (χ1v) is 6.24. The molecule has 0 spiro atoms. The summed E-state index contributed by atoms with van der Waals surface area (Å²) in [7, 11) is 0. The van der Waals surface area contributed by atoms with Crippen molar-refractivity contribution >= 4 is 5.57 Å². The molecular weight excluding hydrogens is 204 g/mol. The Balaban J connectivity index is 1.99. The number of fused-ring (bicyclic) bond motifs is 4. The molecular formula is C17H14. The van der Waals surface area contributed by atoms with E-state index < -0.39 is 0 Å². The standard InChI is InChI=1S/C17H14/c1-11-6-7-13-9-14-8-12-4-2-3-5-15(12)17(14)10-16(11)13/h2-6,9-10H,7-8H2,1H3. The summed E-state index contributed by atoms with van der Waals surface area (Å²) < 4.78 is 0. The van der Waals surface area contributed by atoms with Crippen LogP contribution in [0.2, 0.25) is 0 Å². The summed E-state index contributed by atoms with van der Waals surface area (Å²) in [6, 6.07) is 13.6. The third-order valence-electron chi connectivity index (χ3n) is 4.07. The summed E-state index contributed by atoms with van der Waals surface area (Å²) in [5.74, 6) is 0. The molecule has 0 atom stereocenters. The lowest BCUT2D eigenvalue weighted by Crippen LogP contribution is -1.88. The van der Waals surface area contributed by atoms with Crippen molar-refractivity contribution in [2.45, 2.75) is 19.8 Å². The highest BCUT2D eigenvalue weighted by Crippen LogP contribution is 2.40. The molecule has 0 N–H and O–H groups in total. The van der Waals surface area contributed by atoms with Crippen molar-refractivity contribution in [2.24, 2.45) is 0 Å². The second kappa shape index (κ2) is 3.10. The Labute approximate surface area is 102 Å². The first-order valence-electron chi connectivity index (χ1n) is 6.24. The normalized spacial score (nSPS) is 15.2. The van der Waals surface area contributed by atoms with Crippen molar-refractivity contribution < 1.29 is 0 Å². The maximum absolute atomic E-state index is 2.41. The number of allylic oxidation sites excluding steroid dienone is 2. The molecule has 0 fully saturated rings. The molecule has 0 saturated heterocycles. The van der Waals surface area contributed by atoms with Gasteiger partial charge in [-0.25, -0.2) is 0 Å². The number of hydrogen-bond acceptors (Lipinski definition) is 0. The Morgan fingerprint density at radius 1 is 0.824 bits per heavy atom. The number of rotatable bonds is 0. The summed E-state index contributed by atoms with van der Waals surface area (Å²) >= 11 is 0. The summed E-state index contributed by atoms with van der Waals surface area (Å²) in [4.78, 5) is 0. The van der Waals surface area contributed by atoms with E-state index in [0.717, 1.165) is 12.8 Å². The summed E-state index contributed by atoms with van der Waals surface area (Å²) in [5.41, 5.74) is 10.3. The van der Waals surface area contributed by atoms with E-state index in [1.165, 1.54) is 39.0 Å². The van der Waals surface area contributed by atoms with E-state index in [4.69, 9.17) is 0 Å². The van der Waals surface area contributed by atoms with Gasteiger partial charge in [0.15, 0.2) is 0 Å². The van der Waals surface area contributed by atoms with E-state index in [9.17, 15) is 0 Å². The highest BCUT2D eigenvalue weighted by atomic mass is 14.3. The molecule has 0 amide bonds.